The molecule has 1 aromatic carbocycles. The fraction of sp³-hybridized carbons (Fsp3) is 0.308. The van der Waals surface area contributed by atoms with Crippen molar-refractivity contribution in [3.63, 3.8) is 0 Å². The van der Waals surface area contributed by atoms with Crippen molar-refractivity contribution in [1.82, 2.24) is 0 Å². The van der Waals surface area contributed by atoms with Crippen LogP contribution >= 0.6 is 11.6 Å². The average molecular weight is 284 g/mol. The molecular weight excluding hydrogens is 270 g/mol. The van der Waals surface area contributed by atoms with Crippen LogP contribution in [-0.2, 0) is 14.3 Å². The van der Waals surface area contributed by atoms with E-state index in [-0.39, 0.29) is 24.5 Å². The molecule has 1 rings (SSSR count). The number of nitrogens with one attached hydrogen (secondary N) is 1. The highest BCUT2D eigenvalue weighted by Gasteiger charge is 2.14. The average Bonchev–Trinajstić information content (AvgIpc) is 2.44. The van der Waals surface area contributed by atoms with E-state index in [9.17, 15) is 14.4 Å². The predicted molar refractivity (Wildman–Crippen MR) is 71.4 cm³/mol. The molecule has 0 aliphatic rings. The zero-order valence-corrected chi connectivity index (χ0v) is 11.2. The predicted octanol–water partition coefficient (Wildman–Crippen LogP) is 2.00. The number of alkyl halides is 1. The van der Waals surface area contributed by atoms with E-state index in [0.717, 1.165) is 0 Å². The number of benzene rings is 1. The first kappa shape index (κ1) is 15.2. The van der Waals surface area contributed by atoms with Crippen molar-refractivity contribution in [2.45, 2.75) is 12.8 Å². The molecule has 5 nitrogen and oxygen atoms in total. The summed E-state index contributed by atoms with van der Waals surface area (Å²) in [6, 6.07) is 6.57. The lowest BCUT2D eigenvalue weighted by atomic mass is 10.0. The maximum atomic E-state index is 12.0. The minimum Gasteiger partial charge on any atom is -0.469 e. The van der Waals surface area contributed by atoms with E-state index in [4.69, 9.17) is 11.6 Å². The zero-order valence-electron chi connectivity index (χ0n) is 10.4. The highest BCUT2D eigenvalue weighted by molar-refractivity contribution is 6.29. The van der Waals surface area contributed by atoms with Crippen molar-refractivity contribution in [2.24, 2.45) is 0 Å². The summed E-state index contributed by atoms with van der Waals surface area (Å²) in [5.41, 5.74) is 0.743. The van der Waals surface area contributed by atoms with E-state index in [2.05, 4.69) is 10.1 Å². The second-order valence-corrected chi connectivity index (χ2v) is 3.99. The Kier molecular flexibility index (Phi) is 6.02. The molecule has 0 aliphatic carbocycles. The standard InChI is InChI=1S/C13H14ClNO4/c1-19-13(18)7-6-11(16)9-4-2-3-5-10(9)15-12(17)8-14/h2-5H,6-8H2,1H3,(H,15,17). The number of Topliss-reactive ketones (excluding diaryl/α,β-unsaturated/α-hetero) is 1. The number of ketones is 1. The molecule has 0 unspecified atom stereocenters. The van der Waals surface area contributed by atoms with Gasteiger partial charge in [-0.2, -0.15) is 0 Å². The number of para-hydroxylation sites is 1. The van der Waals surface area contributed by atoms with Gasteiger partial charge in [0, 0.05) is 12.0 Å². The molecule has 0 bridgehead atoms. The van der Waals surface area contributed by atoms with Crippen LogP contribution in [-0.4, -0.2) is 30.6 Å². The number of esters is 1. The molecule has 0 saturated heterocycles. The van der Waals surface area contributed by atoms with Gasteiger partial charge in [0.1, 0.15) is 5.88 Å². The normalized spacial score (nSPS) is 9.79. The minimum absolute atomic E-state index is 0.00706. The number of carbonyl (C=O) groups excluding carboxylic acids is 3. The van der Waals surface area contributed by atoms with Gasteiger partial charge in [-0.25, -0.2) is 0 Å². The molecule has 0 saturated carbocycles. The number of ether oxygens (including phenoxy) is 1. The van der Waals surface area contributed by atoms with Crippen LogP contribution < -0.4 is 5.32 Å². The van der Waals surface area contributed by atoms with Gasteiger partial charge in [-0.05, 0) is 12.1 Å². The van der Waals surface area contributed by atoms with E-state index in [1.54, 1.807) is 24.3 Å². The van der Waals surface area contributed by atoms with Crippen molar-refractivity contribution in [2.75, 3.05) is 18.3 Å². The molecule has 1 aromatic rings. The summed E-state index contributed by atoms with van der Waals surface area (Å²) < 4.78 is 4.47. The number of anilines is 1. The van der Waals surface area contributed by atoms with Gasteiger partial charge in [-0.3, -0.25) is 14.4 Å². The van der Waals surface area contributed by atoms with Gasteiger partial charge in [-0.15, -0.1) is 11.6 Å². The van der Waals surface area contributed by atoms with Gasteiger partial charge in [0.25, 0.3) is 0 Å². The van der Waals surface area contributed by atoms with Crippen LogP contribution in [0.5, 0.6) is 0 Å². The lowest BCUT2D eigenvalue weighted by Gasteiger charge is -2.09. The summed E-state index contributed by atoms with van der Waals surface area (Å²) in [6.07, 6.45) is 0.0353. The Labute approximate surface area is 115 Å². The Balaban J connectivity index is 2.78. The van der Waals surface area contributed by atoms with Crippen molar-refractivity contribution in [1.29, 1.82) is 0 Å². The van der Waals surface area contributed by atoms with E-state index in [1.807, 2.05) is 0 Å². The van der Waals surface area contributed by atoms with Crippen molar-refractivity contribution in [3.8, 4) is 0 Å². The molecule has 1 N–H and O–H groups in total. The Morgan fingerprint density at radius 1 is 1.21 bits per heavy atom. The molecule has 0 heterocycles. The van der Waals surface area contributed by atoms with Crippen molar-refractivity contribution < 1.29 is 19.1 Å². The number of halogens is 1. The number of rotatable bonds is 6. The molecule has 0 atom stereocenters. The van der Waals surface area contributed by atoms with Gasteiger partial charge in [-0.1, -0.05) is 12.1 Å². The molecule has 0 spiro atoms. The van der Waals surface area contributed by atoms with Gasteiger partial charge in [0.15, 0.2) is 5.78 Å². The minimum atomic E-state index is -0.448. The van der Waals surface area contributed by atoms with Crippen LogP contribution in [0.25, 0.3) is 0 Å². The first-order valence-corrected chi connectivity index (χ1v) is 6.16. The van der Waals surface area contributed by atoms with Crippen LogP contribution in [0.15, 0.2) is 24.3 Å². The molecule has 1 amide bonds. The monoisotopic (exact) mass is 283 g/mol. The Morgan fingerprint density at radius 3 is 2.53 bits per heavy atom. The molecule has 0 radical (unpaired) electrons. The van der Waals surface area contributed by atoms with Gasteiger partial charge in [0.05, 0.1) is 19.2 Å². The lowest BCUT2D eigenvalue weighted by molar-refractivity contribution is -0.140. The molecule has 0 aromatic heterocycles. The van der Waals surface area contributed by atoms with E-state index in [0.29, 0.717) is 11.3 Å². The number of amides is 1. The fourth-order valence-electron chi connectivity index (χ4n) is 1.47. The summed E-state index contributed by atoms with van der Waals surface area (Å²) in [5, 5.41) is 2.53. The summed E-state index contributed by atoms with van der Waals surface area (Å²) >= 11 is 5.40. The second-order valence-electron chi connectivity index (χ2n) is 3.73. The quantitative estimate of drug-likeness (QED) is 0.492. The number of carbonyl (C=O) groups is 3. The van der Waals surface area contributed by atoms with Crippen molar-refractivity contribution >= 4 is 34.9 Å². The third kappa shape index (κ3) is 4.71. The Hall–Kier alpha value is -1.88. The maximum Gasteiger partial charge on any atom is 0.305 e. The van der Waals surface area contributed by atoms with Crippen LogP contribution in [0.3, 0.4) is 0 Å². The molecule has 19 heavy (non-hydrogen) atoms. The summed E-state index contributed by atoms with van der Waals surface area (Å²) in [6.45, 7) is 0. The first-order valence-electron chi connectivity index (χ1n) is 5.63. The van der Waals surface area contributed by atoms with E-state index in [1.165, 1.54) is 7.11 Å². The molecular formula is C13H14ClNO4. The third-order valence-electron chi connectivity index (χ3n) is 2.41. The Morgan fingerprint density at radius 2 is 1.89 bits per heavy atom. The number of methoxy groups -OCH3 is 1. The van der Waals surface area contributed by atoms with Gasteiger partial charge < -0.3 is 10.1 Å². The van der Waals surface area contributed by atoms with E-state index >= 15 is 0 Å². The summed E-state index contributed by atoms with van der Waals surface area (Å²) in [7, 11) is 1.27. The third-order valence-corrected chi connectivity index (χ3v) is 2.65. The summed E-state index contributed by atoms with van der Waals surface area (Å²) in [4.78, 5) is 34.2. The van der Waals surface area contributed by atoms with Crippen LogP contribution in [0.1, 0.15) is 23.2 Å². The SMILES string of the molecule is COC(=O)CCC(=O)c1ccccc1NC(=O)CCl. The van der Waals surface area contributed by atoms with Crippen LogP contribution in [0.4, 0.5) is 5.69 Å². The smallest absolute Gasteiger partial charge is 0.305 e. The lowest BCUT2D eigenvalue weighted by Crippen LogP contribution is -2.16. The van der Waals surface area contributed by atoms with Gasteiger partial charge >= 0.3 is 5.97 Å². The van der Waals surface area contributed by atoms with E-state index < -0.39 is 11.9 Å². The second kappa shape index (κ2) is 7.53. The van der Waals surface area contributed by atoms with Crippen LogP contribution in [0.2, 0.25) is 0 Å². The highest BCUT2D eigenvalue weighted by atomic mass is 35.5. The topological polar surface area (TPSA) is 72.5 Å². The van der Waals surface area contributed by atoms with Crippen molar-refractivity contribution in [3.05, 3.63) is 29.8 Å². The fourth-order valence-corrected chi connectivity index (χ4v) is 1.54. The number of hydrogen-bond donors (Lipinski definition) is 1. The molecule has 0 fully saturated rings. The zero-order chi connectivity index (χ0) is 14.3. The largest absolute Gasteiger partial charge is 0.469 e. The molecule has 6 heteroatoms. The highest BCUT2D eigenvalue weighted by Crippen LogP contribution is 2.17. The Bertz CT molecular complexity index is 487. The summed E-state index contributed by atoms with van der Waals surface area (Å²) in [5.74, 6) is -1.27. The van der Waals surface area contributed by atoms with Gasteiger partial charge in [0.2, 0.25) is 5.91 Å². The molecule has 0 aliphatic heterocycles. The molecule has 102 valence electrons. The number of hydrogen-bond acceptors (Lipinski definition) is 4. The first-order chi connectivity index (χ1) is 9.08. The van der Waals surface area contributed by atoms with Crippen LogP contribution in [0, 0.1) is 0 Å². The maximum absolute atomic E-state index is 12.0.